The van der Waals surface area contributed by atoms with Gasteiger partial charge in [-0.25, -0.2) is 30.6 Å². The number of benzene rings is 1. The molecule has 0 aliphatic rings. The van der Waals surface area contributed by atoms with Crippen LogP contribution in [0.25, 0.3) is 0 Å². The van der Waals surface area contributed by atoms with E-state index in [0.29, 0.717) is 12.1 Å². The number of halogens is 2. The van der Waals surface area contributed by atoms with Crippen LogP contribution in [0.2, 0.25) is 0 Å². The number of hydrogen-bond donors (Lipinski definition) is 2. The van der Waals surface area contributed by atoms with E-state index in [1.165, 1.54) is 16.4 Å². The molecule has 0 bridgehead atoms. The van der Waals surface area contributed by atoms with Gasteiger partial charge >= 0.3 is 0 Å². The topological polar surface area (TPSA) is 108 Å². The zero-order valence-corrected chi connectivity index (χ0v) is 16.1. The fourth-order valence-corrected chi connectivity index (χ4v) is 4.52. The van der Waals surface area contributed by atoms with E-state index in [1.807, 2.05) is 4.83 Å². The lowest BCUT2D eigenvalue weighted by Gasteiger charge is -2.18. The van der Waals surface area contributed by atoms with Crippen molar-refractivity contribution in [3.8, 4) is 0 Å². The first-order valence-corrected chi connectivity index (χ1v) is 10.7. The summed E-state index contributed by atoms with van der Waals surface area (Å²) in [6.45, 7) is 3.98. The molecule has 0 amide bonds. The van der Waals surface area contributed by atoms with Gasteiger partial charge in [0.05, 0.1) is 0 Å². The van der Waals surface area contributed by atoms with Crippen LogP contribution in [0.3, 0.4) is 0 Å². The average Bonchev–Trinajstić information content (AvgIpc) is 2.63. The van der Waals surface area contributed by atoms with Crippen molar-refractivity contribution in [1.29, 1.82) is 0 Å². The maximum absolute atomic E-state index is 13.6. The molecule has 0 saturated heterocycles. The number of hydrogen-bond acceptors (Lipinski definition) is 6. The Labute approximate surface area is 156 Å². The SMILES string of the molecule is CCN(CC)S(=O)(=O)c1ccc(NNS(=O)(=O)c2cc(F)ccc2F)nc1. The molecule has 1 aromatic heterocycles. The molecule has 1 aromatic carbocycles. The fraction of sp³-hybridized carbons (Fsp3) is 0.267. The van der Waals surface area contributed by atoms with Gasteiger partial charge in [-0.05, 0) is 30.3 Å². The van der Waals surface area contributed by atoms with Crippen molar-refractivity contribution < 1.29 is 25.6 Å². The van der Waals surface area contributed by atoms with Crippen LogP contribution in [-0.2, 0) is 20.0 Å². The highest BCUT2D eigenvalue weighted by molar-refractivity contribution is 7.89. The molecule has 0 fully saturated rings. The molecule has 2 N–H and O–H groups in total. The number of nitrogens with zero attached hydrogens (tertiary/aromatic N) is 2. The minimum absolute atomic E-state index is 0.0334. The van der Waals surface area contributed by atoms with Crippen molar-refractivity contribution >= 4 is 25.9 Å². The lowest BCUT2D eigenvalue weighted by molar-refractivity contribution is 0.445. The second-order valence-electron chi connectivity index (χ2n) is 5.27. The Morgan fingerprint density at radius 1 is 1.04 bits per heavy atom. The highest BCUT2D eigenvalue weighted by Crippen LogP contribution is 2.17. The summed E-state index contributed by atoms with van der Waals surface area (Å²) in [6, 6.07) is 4.50. The fourth-order valence-electron chi connectivity index (χ4n) is 2.18. The summed E-state index contributed by atoms with van der Waals surface area (Å²) in [7, 11) is -8.12. The van der Waals surface area contributed by atoms with Gasteiger partial charge < -0.3 is 0 Å². The molecule has 12 heteroatoms. The largest absolute Gasteiger partial charge is 0.292 e. The standard InChI is InChI=1S/C15H18F2N4O4S2/c1-3-21(4-2)27(24,25)12-6-8-15(18-10-12)19-20-26(22,23)14-9-11(16)5-7-13(14)17/h5-10,20H,3-4H2,1-2H3,(H,18,19). The summed E-state index contributed by atoms with van der Waals surface area (Å²) in [5, 5.41) is 0. The molecule has 148 valence electrons. The molecule has 0 unspecified atom stereocenters. The van der Waals surface area contributed by atoms with Gasteiger partial charge in [-0.15, -0.1) is 4.83 Å². The predicted octanol–water partition coefficient (Wildman–Crippen LogP) is 1.70. The van der Waals surface area contributed by atoms with Crippen LogP contribution in [0.1, 0.15) is 13.8 Å². The highest BCUT2D eigenvalue weighted by Gasteiger charge is 2.22. The Hall–Kier alpha value is -2.15. The quantitative estimate of drug-likeness (QED) is 0.630. The molecule has 27 heavy (non-hydrogen) atoms. The molecular formula is C15H18F2N4O4S2. The van der Waals surface area contributed by atoms with E-state index in [9.17, 15) is 25.6 Å². The smallest absolute Gasteiger partial charge is 0.260 e. The van der Waals surface area contributed by atoms with Gasteiger partial charge in [0.25, 0.3) is 10.0 Å². The molecule has 0 aliphatic heterocycles. The van der Waals surface area contributed by atoms with Crippen LogP contribution in [-0.4, -0.2) is 39.2 Å². The summed E-state index contributed by atoms with van der Waals surface area (Å²) in [5.74, 6) is -2.07. The number of hydrazine groups is 1. The number of aromatic nitrogens is 1. The van der Waals surface area contributed by atoms with E-state index in [0.717, 1.165) is 12.3 Å². The van der Waals surface area contributed by atoms with Crippen molar-refractivity contribution in [2.75, 3.05) is 18.5 Å². The van der Waals surface area contributed by atoms with Crippen LogP contribution in [0.5, 0.6) is 0 Å². The van der Waals surface area contributed by atoms with Crippen molar-refractivity contribution in [3.05, 3.63) is 48.2 Å². The number of rotatable bonds is 8. The Balaban J connectivity index is 2.17. The van der Waals surface area contributed by atoms with Crippen LogP contribution >= 0.6 is 0 Å². The third-order valence-corrected chi connectivity index (χ3v) is 6.87. The van der Waals surface area contributed by atoms with Crippen LogP contribution in [0, 0.1) is 11.6 Å². The third kappa shape index (κ3) is 4.77. The van der Waals surface area contributed by atoms with E-state index in [4.69, 9.17) is 0 Å². The van der Waals surface area contributed by atoms with Gasteiger partial charge in [-0.1, -0.05) is 13.8 Å². The number of pyridine rings is 1. The summed E-state index contributed by atoms with van der Waals surface area (Å²) in [5.41, 5.74) is 2.22. The van der Waals surface area contributed by atoms with Crippen molar-refractivity contribution in [2.24, 2.45) is 0 Å². The number of anilines is 1. The zero-order chi connectivity index (χ0) is 20.2. The molecule has 0 atom stereocenters. The van der Waals surface area contributed by atoms with E-state index in [2.05, 4.69) is 10.4 Å². The molecule has 8 nitrogen and oxygen atoms in total. The number of sulfonamides is 2. The Morgan fingerprint density at radius 2 is 1.70 bits per heavy atom. The van der Waals surface area contributed by atoms with Crippen molar-refractivity contribution in [3.63, 3.8) is 0 Å². The molecule has 2 aromatic rings. The molecule has 1 heterocycles. The Bertz CT molecular complexity index is 1010. The third-order valence-electron chi connectivity index (χ3n) is 3.58. The molecular weight excluding hydrogens is 402 g/mol. The summed E-state index contributed by atoms with van der Waals surface area (Å²) < 4.78 is 76.9. The molecule has 0 aliphatic carbocycles. The van der Waals surface area contributed by atoms with Crippen LogP contribution in [0.15, 0.2) is 46.3 Å². The van der Waals surface area contributed by atoms with Gasteiger partial charge in [0.2, 0.25) is 10.0 Å². The first-order chi connectivity index (χ1) is 12.6. The summed E-state index contributed by atoms with van der Waals surface area (Å²) >= 11 is 0. The first-order valence-electron chi connectivity index (χ1n) is 7.81. The maximum Gasteiger partial charge on any atom is 0.260 e. The minimum Gasteiger partial charge on any atom is -0.292 e. The van der Waals surface area contributed by atoms with Gasteiger partial charge in [0, 0.05) is 19.3 Å². The molecule has 2 rings (SSSR count). The Kier molecular flexibility index (Phi) is 6.46. The summed E-state index contributed by atoms with van der Waals surface area (Å²) in [6.07, 6.45) is 1.06. The monoisotopic (exact) mass is 420 g/mol. The second kappa shape index (κ2) is 8.25. The zero-order valence-electron chi connectivity index (χ0n) is 14.5. The van der Waals surface area contributed by atoms with Crippen molar-refractivity contribution in [2.45, 2.75) is 23.6 Å². The average molecular weight is 420 g/mol. The van der Waals surface area contributed by atoms with Gasteiger partial charge in [-0.2, -0.15) is 4.31 Å². The number of nitrogens with one attached hydrogen (secondary N) is 2. The molecule has 0 spiro atoms. The first kappa shape index (κ1) is 21.2. The lowest BCUT2D eigenvalue weighted by atomic mass is 10.3. The van der Waals surface area contributed by atoms with E-state index in [-0.39, 0.29) is 23.8 Å². The van der Waals surface area contributed by atoms with Gasteiger partial charge in [0.15, 0.2) is 0 Å². The van der Waals surface area contributed by atoms with Gasteiger partial charge in [-0.3, -0.25) is 5.43 Å². The minimum atomic E-state index is -4.41. The van der Waals surface area contributed by atoms with Crippen LogP contribution in [0.4, 0.5) is 14.6 Å². The van der Waals surface area contributed by atoms with Gasteiger partial charge in [0.1, 0.15) is 27.2 Å². The predicted molar refractivity (Wildman–Crippen MR) is 94.6 cm³/mol. The van der Waals surface area contributed by atoms with Crippen molar-refractivity contribution in [1.82, 2.24) is 14.1 Å². The molecule has 0 radical (unpaired) electrons. The summed E-state index contributed by atoms with van der Waals surface area (Å²) in [4.78, 5) is 4.74. The molecule has 0 saturated carbocycles. The van der Waals surface area contributed by atoms with E-state index in [1.54, 1.807) is 13.8 Å². The normalized spacial score (nSPS) is 12.3. The second-order valence-corrected chi connectivity index (χ2v) is 8.86. The maximum atomic E-state index is 13.6. The Morgan fingerprint density at radius 3 is 2.26 bits per heavy atom. The van der Waals surface area contributed by atoms with Crippen LogP contribution < -0.4 is 10.3 Å². The lowest BCUT2D eigenvalue weighted by Crippen LogP contribution is -2.31. The van der Waals surface area contributed by atoms with E-state index >= 15 is 0 Å². The highest BCUT2D eigenvalue weighted by atomic mass is 32.2. The van der Waals surface area contributed by atoms with E-state index < -0.39 is 36.6 Å².